The maximum Gasteiger partial charge on any atom is 0.413 e. The quantitative estimate of drug-likeness (QED) is 0.0310. The highest BCUT2D eigenvalue weighted by Gasteiger charge is 2.53. The number of nitrogens with zero attached hydrogens (tertiary/aromatic N) is 6. The molecule has 0 bridgehead atoms. The fraction of sp³-hybridized carbons (Fsp3) is 0.250. The number of oxime groups is 1. The summed E-state index contributed by atoms with van der Waals surface area (Å²) in [6.07, 6.45) is 2.83. The highest BCUT2D eigenvalue weighted by atomic mass is 32.2. The van der Waals surface area contributed by atoms with E-state index in [9.17, 15) is 19.2 Å². The Morgan fingerprint density at radius 2 is 1.59 bits per heavy atom. The number of amides is 3. The van der Waals surface area contributed by atoms with Gasteiger partial charge in [0.2, 0.25) is 10.8 Å². The first-order valence-electron chi connectivity index (χ1n) is 17.8. The lowest BCUT2D eigenvalue weighted by molar-refractivity contribution is -0.144. The number of allylic oxidation sites excluding steroid dienone is 1. The summed E-state index contributed by atoms with van der Waals surface area (Å²) < 4.78 is 7.01. The number of thioether (sulfide) groups is 3. The molecular formula is C40H37N8O6S4. The van der Waals surface area contributed by atoms with Crippen molar-refractivity contribution < 1.29 is 28.8 Å². The number of hydrogen-bond acceptors (Lipinski definition) is 14. The first-order valence-corrected chi connectivity index (χ1v) is 21.7. The molecule has 7 rings (SSSR count). The summed E-state index contributed by atoms with van der Waals surface area (Å²) in [5, 5.41) is 16.5. The number of carbonyl (C=O) groups is 3. The summed E-state index contributed by atoms with van der Waals surface area (Å²) in [7, 11) is 1.78. The van der Waals surface area contributed by atoms with E-state index in [0.29, 0.717) is 20.9 Å². The number of thiazole rings is 1. The summed E-state index contributed by atoms with van der Waals surface area (Å²) in [6.45, 7) is 5.22. The second kappa shape index (κ2) is 17.6. The van der Waals surface area contributed by atoms with Crippen LogP contribution in [0.2, 0.25) is 0 Å². The van der Waals surface area contributed by atoms with Crippen molar-refractivity contribution in [2.45, 2.75) is 48.5 Å². The third-order valence-electron chi connectivity index (χ3n) is 8.70. The Kier molecular flexibility index (Phi) is 12.4. The molecule has 5 aromatic rings. The molecule has 2 aliphatic heterocycles. The van der Waals surface area contributed by atoms with Gasteiger partial charge in [0.1, 0.15) is 34.7 Å². The van der Waals surface area contributed by atoms with Crippen LogP contribution < -0.4 is 10.6 Å². The van der Waals surface area contributed by atoms with E-state index in [2.05, 4.69) is 30.9 Å². The molecule has 0 spiro atoms. The van der Waals surface area contributed by atoms with Crippen molar-refractivity contribution in [3.8, 4) is 0 Å². The van der Waals surface area contributed by atoms with Crippen molar-refractivity contribution in [3.63, 3.8) is 0 Å². The van der Waals surface area contributed by atoms with Gasteiger partial charge >= 0.3 is 6.09 Å². The SMILES string of the molecule is Cn1cnc(SCSC2=C([C]=O)N3C(=O)[C@@H](NC(=O)/C(=N\OC(c4ccccc4)(c4ccccc4)c4ccccc4)c4csc(NC(=O)OC(C)(C)C)n4)[C@H]3SC2)n1. The van der Waals surface area contributed by atoms with Crippen LogP contribution in [-0.4, -0.2) is 82.4 Å². The molecule has 2 aromatic heterocycles. The van der Waals surface area contributed by atoms with Crippen LogP contribution in [0.3, 0.4) is 0 Å². The fourth-order valence-electron chi connectivity index (χ4n) is 6.16. The van der Waals surface area contributed by atoms with Crippen molar-refractivity contribution in [1.82, 2.24) is 30.0 Å². The Morgan fingerprint density at radius 3 is 2.14 bits per heavy atom. The number of carbonyl (C=O) groups excluding carboxylic acids is 4. The molecule has 2 atom stereocenters. The average Bonchev–Trinajstić information content (AvgIpc) is 3.86. The lowest BCUT2D eigenvalue weighted by Gasteiger charge is -2.49. The summed E-state index contributed by atoms with van der Waals surface area (Å²) in [5.41, 5.74) is 0.0785. The molecule has 2 N–H and O–H groups in total. The van der Waals surface area contributed by atoms with Crippen LogP contribution in [0.5, 0.6) is 0 Å². The van der Waals surface area contributed by atoms with Gasteiger partial charge in [-0.2, -0.15) is 0 Å². The Bertz CT molecular complexity index is 2250. The van der Waals surface area contributed by atoms with Crippen LogP contribution in [0.1, 0.15) is 43.2 Å². The predicted octanol–water partition coefficient (Wildman–Crippen LogP) is 6.54. The number of fused-ring (bicyclic) bond motifs is 1. The number of rotatable bonds is 14. The molecule has 0 saturated carbocycles. The number of β-lactam (4-membered cyclic amide) rings is 1. The van der Waals surface area contributed by atoms with Crippen molar-refractivity contribution in [1.29, 1.82) is 0 Å². The number of anilines is 1. The Balaban J connectivity index is 1.20. The van der Waals surface area contributed by atoms with Crippen LogP contribution in [0.4, 0.5) is 9.93 Å². The van der Waals surface area contributed by atoms with Gasteiger partial charge in [0.25, 0.3) is 18.1 Å². The highest BCUT2D eigenvalue weighted by molar-refractivity contribution is 8.18. The van der Waals surface area contributed by atoms with Gasteiger partial charge in [0, 0.05) is 39.8 Å². The van der Waals surface area contributed by atoms with Crippen LogP contribution in [0.25, 0.3) is 0 Å². The molecule has 58 heavy (non-hydrogen) atoms. The van der Waals surface area contributed by atoms with Crippen molar-refractivity contribution in [2.75, 3.05) is 16.2 Å². The molecule has 18 heteroatoms. The Labute approximate surface area is 351 Å². The van der Waals surface area contributed by atoms with E-state index in [0.717, 1.165) is 28.0 Å². The molecule has 4 heterocycles. The third kappa shape index (κ3) is 8.84. The number of nitrogens with one attached hydrogen (secondary N) is 2. The van der Waals surface area contributed by atoms with E-state index in [4.69, 9.17) is 9.57 Å². The van der Waals surface area contributed by atoms with Crippen LogP contribution in [0, 0.1) is 0 Å². The first kappa shape index (κ1) is 40.8. The van der Waals surface area contributed by atoms with Gasteiger partial charge in [-0.25, -0.2) is 14.8 Å². The number of aromatic nitrogens is 4. The average molecular weight is 854 g/mol. The Morgan fingerprint density at radius 1 is 0.966 bits per heavy atom. The van der Waals surface area contributed by atoms with Crippen LogP contribution >= 0.6 is 46.6 Å². The van der Waals surface area contributed by atoms with E-state index < -0.39 is 40.5 Å². The van der Waals surface area contributed by atoms with Gasteiger partial charge < -0.3 is 14.9 Å². The molecule has 1 saturated heterocycles. The third-order valence-corrected chi connectivity index (χ3v) is 13.0. The van der Waals surface area contributed by atoms with Crippen molar-refractivity contribution in [3.05, 3.63) is 136 Å². The lowest BCUT2D eigenvalue weighted by Crippen LogP contribution is -2.70. The Hall–Kier alpha value is -5.43. The highest BCUT2D eigenvalue weighted by Crippen LogP contribution is 2.44. The molecule has 297 valence electrons. The maximum absolute atomic E-state index is 14.4. The number of aryl methyl sites for hydroxylation is 1. The zero-order chi connectivity index (χ0) is 40.9. The molecule has 0 aliphatic carbocycles. The van der Waals surface area contributed by atoms with E-state index in [-0.39, 0.29) is 22.2 Å². The van der Waals surface area contributed by atoms with E-state index >= 15 is 0 Å². The number of benzene rings is 3. The minimum absolute atomic E-state index is 0.0805. The molecule has 14 nitrogen and oxygen atoms in total. The first-order chi connectivity index (χ1) is 28.0. The number of ether oxygens (including phenoxy) is 1. The molecule has 0 unspecified atom stereocenters. The second-order valence-corrected chi connectivity index (χ2v) is 18.2. The summed E-state index contributed by atoms with van der Waals surface area (Å²) >= 11 is 5.30. The van der Waals surface area contributed by atoms with Crippen molar-refractivity contribution in [2.24, 2.45) is 12.2 Å². The van der Waals surface area contributed by atoms with E-state index in [1.165, 1.54) is 40.2 Å². The maximum atomic E-state index is 14.4. The molecule has 3 amide bonds. The molecule has 1 radical (unpaired) electrons. The van der Waals surface area contributed by atoms with E-state index in [1.807, 2.05) is 97.3 Å². The fourth-order valence-corrected chi connectivity index (χ4v) is 10.4. The monoisotopic (exact) mass is 853 g/mol. The zero-order valence-corrected chi connectivity index (χ0v) is 34.9. The minimum atomic E-state index is -1.34. The van der Waals surface area contributed by atoms with Gasteiger partial charge in [-0.15, -0.1) is 40.0 Å². The van der Waals surface area contributed by atoms with E-state index in [1.54, 1.807) is 44.2 Å². The van der Waals surface area contributed by atoms with Gasteiger partial charge in [0.05, 0.1) is 5.08 Å². The smallest absolute Gasteiger partial charge is 0.413 e. The van der Waals surface area contributed by atoms with Crippen LogP contribution in [0.15, 0.2) is 124 Å². The van der Waals surface area contributed by atoms with Gasteiger partial charge in [-0.05, 0) is 20.8 Å². The van der Waals surface area contributed by atoms with Crippen molar-refractivity contribution >= 4 is 81.7 Å². The van der Waals surface area contributed by atoms with Gasteiger partial charge in [0.15, 0.2) is 10.8 Å². The van der Waals surface area contributed by atoms with Gasteiger partial charge in [-0.3, -0.25) is 29.3 Å². The second-order valence-electron chi connectivity index (χ2n) is 13.8. The summed E-state index contributed by atoms with van der Waals surface area (Å²) in [5.74, 6) is -0.800. The largest absolute Gasteiger partial charge is 0.444 e. The zero-order valence-electron chi connectivity index (χ0n) is 31.6. The van der Waals surface area contributed by atoms with Crippen LogP contribution in [-0.2, 0) is 36.6 Å². The molecular weight excluding hydrogens is 817 g/mol. The standard InChI is InChI=1S/C40H37N8O6S4/c1-39(2,3)53-38(52)44-37-42-28(21-56-37)31(46-54-40(25-14-8-5-9-15-25,26-16-10-6-11-17-26)27-18-12-7-13-19-27)33(50)43-32-34(51)48-29(20-49)30(22-55-35(32)48)57-24-58-36-41-23-47(4)45-36/h5-19,21,23,32,35H,22,24H2,1-4H3,(H,43,50)(H,42,44,52)/b46-31-/t32-,35-/m1/s1. The predicted molar refractivity (Wildman–Crippen MR) is 226 cm³/mol. The normalized spacial score (nSPS) is 16.9. The number of hydrogen-bond donors (Lipinski definition) is 2. The molecule has 2 aliphatic rings. The van der Waals surface area contributed by atoms with Gasteiger partial charge in [-0.1, -0.05) is 108 Å². The minimum Gasteiger partial charge on any atom is -0.444 e. The lowest BCUT2D eigenvalue weighted by atomic mass is 9.80. The molecule has 1 fully saturated rings. The molecule has 3 aromatic carbocycles. The topological polar surface area (TPSA) is 170 Å². The summed E-state index contributed by atoms with van der Waals surface area (Å²) in [6, 6.07) is 27.5. The summed E-state index contributed by atoms with van der Waals surface area (Å²) in [4.78, 5) is 70.5.